The van der Waals surface area contributed by atoms with Gasteiger partial charge in [-0.2, -0.15) is 0 Å². The van der Waals surface area contributed by atoms with Gasteiger partial charge in [0.2, 0.25) is 0 Å². The Labute approximate surface area is 79.8 Å². The highest BCUT2D eigenvalue weighted by molar-refractivity contribution is 5.69. The van der Waals surface area contributed by atoms with Crippen LogP contribution in [0.5, 0.6) is 0 Å². The van der Waals surface area contributed by atoms with E-state index < -0.39 is 0 Å². The Morgan fingerprint density at radius 2 is 2.31 bits per heavy atom. The van der Waals surface area contributed by atoms with Crippen molar-refractivity contribution in [1.82, 2.24) is 4.98 Å². The van der Waals surface area contributed by atoms with Crippen LogP contribution in [0, 0.1) is 0 Å². The van der Waals surface area contributed by atoms with Crippen LogP contribution in [-0.2, 0) is 0 Å². The summed E-state index contributed by atoms with van der Waals surface area (Å²) in [4.78, 5) is 4.22. The smallest absolute Gasteiger partial charge is 0.0695 e. The highest BCUT2D eigenvalue weighted by Crippen LogP contribution is 2.13. The molecule has 0 aromatic carbocycles. The standard InChI is InChI=1S/C12H15N/c1-4-10(2)9-11(3)12-7-5-6-8-13-12/h5-9H,3-4H2,1-2H3/b10-9-. The summed E-state index contributed by atoms with van der Waals surface area (Å²) in [5, 5.41) is 0. The fraction of sp³-hybridized carbons (Fsp3) is 0.250. The summed E-state index contributed by atoms with van der Waals surface area (Å²) in [7, 11) is 0. The van der Waals surface area contributed by atoms with E-state index in [4.69, 9.17) is 0 Å². The normalized spacial score (nSPS) is 11.4. The second-order valence-corrected chi connectivity index (χ2v) is 3.08. The molecular formula is C12H15N. The number of aromatic nitrogens is 1. The average molecular weight is 173 g/mol. The molecule has 0 atom stereocenters. The maximum absolute atomic E-state index is 4.22. The van der Waals surface area contributed by atoms with Gasteiger partial charge in [-0.3, -0.25) is 4.98 Å². The van der Waals surface area contributed by atoms with Gasteiger partial charge >= 0.3 is 0 Å². The Bertz CT molecular complexity index is 309. The first-order chi connectivity index (χ1) is 6.24. The van der Waals surface area contributed by atoms with Gasteiger partial charge in [-0.25, -0.2) is 0 Å². The van der Waals surface area contributed by atoms with E-state index in [2.05, 4.69) is 31.5 Å². The maximum Gasteiger partial charge on any atom is 0.0695 e. The molecular weight excluding hydrogens is 158 g/mol. The largest absolute Gasteiger partial charge is 0.256 e. The summed E-state index contributed by atoms with van der Waals surface area (Å²) >= 11 is 0. The van der Waals surface area contributed by atoms with Crippen molar-refractivity contribution >= 4 is 5.57 Å². The molecule has 0 N–H and O–H groups in total. The van der Waals surface area contributed by atoms with Gasteiger partial charge in [0.05, 0.1) is 5.69 Å². The predicted octanol–water partition coefficient (Wildman–Crippen LogP) is 3.45. The lowest BCUT2D eigenvalue weighted by Gasteiger charge is -2.00. The average Bonchev–Trinajstić information content (AvgIpc) is 2.19. The van der Waals surface area contributed by atoms with Gasteiger partial charge in [-0.1, -0.05) is 31.2 Å². The topological polar surface area (TPSA) is 12.9 Å². The van der Waals surface area contributed by atoms with E-state index in [0.29, 0.717) is 0 Å². The molecule has 1 heteroatoms. The lowest BCUT2D eigenvalue weighted by atomic mass is 10.1. The number of allylic oxidation sites excluding steroid dienone is 3. The molecule has 0 unspecified atom stereocenters. The molecule has 0 fully saturated rings. The Morgan fingerprint density at radius 3 is 2.85 bits per heavy atom. The number of pyridine rings is 1. The Hall–Kier alpha value is -1.37. The molecule has 13 heavy (non-hydrogen) atoms. The van der Waals surface area contributed by atoms with E-state index in [9.17, 15) is 0 Å². The molecule has 0 aliphatic rings. The number of hydrogen-bond acceptors (Lipinski definition) is 1. The van der Waals surface area contributed by atoms with E-state index in [1.54, 1.807) is 6.20 Å². The lowest BCUT2D eigenvalue weighted by molar-refractivity contribution is 1.10. The van der Waals surface area contributed by atoms with E-state index >= 15 is 0 Å². The maximum atomic E-state index is 4.22. The molecule has 0 saturated heterocycles. The first kappa shape index (κ1) is 9.72. The van der Waals surface area contributed by atoms with Crippen molar-refractivity contribution in [2.24, 2.45) is 0 Å². The molecule has 1 nitrogen and oxygen atoms in total. The second kappa shape index (κ2) is 4.61. The van der Waals surface area contributed by atoms with Crippen LogP contribution in [0.4, 0.5) is 0 Å². The van der Waals surface area contributed by atoms with Gasteiger partial charge in [0, 0.05) is 6.20 Å². The van der Waals surface area contributed by atoms with Crippen molar-refractivity contribution in [1.29, 1.82) is 0 Å². The summed E-state index contributed by atoms with van der Waals surface area (Å²) < 4.78 is 0. The fourth-order valence-electron chi connectivity index (χ4n) is 1.03. The number of rotatable bonds is 3. The highest BCUT2D eigenvalue weighted by atomic mass is 14.7. The van der Waals surface area contributed by atoms with Crippen LogP contribution in [0.25, 0.3) is 5.57 Å². The fourth-order valence-corrected chi connectivity index (χ4v) is 1.03. The molecule has 0 amide bonds. The first-order valence-electron chi connectivity index (χ1n) is 4.51. The zero-order valence-electron chi connectivity index (χ0n) is 8.25. The highest BCUT2D eigenvalue weighted by Gasteiger charge is 1.95. The summed E-state index contributed by atoms with van der Waals surface area (Å²) in [6.07, 6.45) is 4.93. The predicted molar refractivity (Wildman–Crippen MR) is 57.3 cm³/mol. The molecule has 1 aromatic heterocycles. The minimum Gasteiger partial charge on any atom is -0.256 e. The van der Waals surface area contributed by atoms with Crippen molar-refractivity contribution in [3.8, 4) is 0 Å². The van der Waals surface area contributed by atoms with Gasteiger partial charge in [0.1, 0.15) is 0 Å². The summed E-state index contributed by atoms with van der Waals surface area (Å²) in [5.41, 5.74) is 3.27. The summed E-state index contributed by atoms with van der Waals surface area (Å²) in [6, 6.07) is 5.86. The molecule has 0 bridgehead atoms. The third-order valence-corrected chi connectivity index (χ3v) is 1.97. The quantitative estimate of drug-likeness (QED) is 0.638. The molecule has 1 heterocycles. The van der Waals surface area contributed by atoms with Crippen molar-refractivity contribution in [3.05, 3.63) is 48.3 Å². The summed E-state index contributed by atoms with van der Waals surface area (Å²) in [6.45, 7) is 8.22. The minimum atomic E-state index is 0.954. The van der Waals surface area contributed by atoms with Crippen LogP contribution < -0.4 is 0 Å². The van der Waals surface area contributed by atoms with Gasteiger partial charge in [-0.05, 0) is 31.1 Å². The van der Waals surface area contributed by atoms with Gasteiger partial charge in [-0.15, -0.1) is 0 Å². The van der Waals surface area contributed by atoms with Crippen LogP contribution in [0.15, 0.2) is 42.6 Å². The van der Waals surface area contributed by atoms with Gasteiger partial charge < -0.3 is 0 Å². The lowest BCUT2D eigenvalue weighted by Crippen LogP contribution is -1.84. The Kier molecular flexibility index (Phi) is 3.44. The van der Waals surface area contributed by atoms with Gasteiger partial charge in [0.25, 0.3) is 0 Å². The third-order valence-electron chi connectivity index (χ3n) is 1.97. The monoisotopic (exact) mass is 173 g/mol. The second-order valence-electron chi connectivity index (χ2n) is 3.08. The molecule has 0 aliphatic heterocycles. The minimum absolute atomic E-state index is 0.954. The molecule has 1 rings (SSSR count). The molecule has 0 radical (unpaired) electrons. The number of hydrogen-bond donors (Lipinski definition) is 0. The van der Waals surface area contributed by atoms with Crippen LogP contribution in [-0.4, -0.2) is 4.98 Å². The SMILES string of the molecule is C=C(/C=C(/C)CC)c1ccccn1. The molecule has 0 saturated carbocycles. The Morgan fingerprint density at radius 1 is 1.54 bits per heavy atom. The number of nitrogens with zero attached hydrogens (tertiary/aromatic N) is 1. The van der Waals surface area contributed by atoms with E-state index in [1.165, 1.54) is 5.57 Å². The van der Waals surface area contributed by atoms with Crippen molar-refractivity contribution in [2.75, 3.05) is 0 Å². The zero-order valence-corrected chi connectivity index (χ0v) is 8.25. The summed E-state index contributed by atoms with van der Waals surface area (Å²) in [5.74, 6) is 0. The Balaban J connectivity index is 2.81. The van der Waals surface area contributed by atoms with E-state index in [0.717, 1.165) is 17.7 Å². The van der Waals surface area contributed by atoms with Crippen molar-refractivity contribution < 1.29 is 0 Å². The van der Waals surface area contributed by atoms with Crippen molar-refractivity contribution in [2.45, 2.75) is 20.3 Å². The van der Waals surface area contributed by atoms with Crippen LogP contribution in [0.3, 0.4) is 0 Å². The first-order valence-corrected chi connectivity index (χ1v) is 4.51. The zero-order chi connectivity index (χ0) is 9.68. The van der Waals surface area contributed by atoms with E-state index in [-0.39, 0.29) is 0 Å². The molecule has 68 valence electrons. The van der Waals surface area contributed by atoms with Crippen LogP contribution in [0.1, 0.15) is 26.0 Å². The van der Waals surface area contributed by atoms with Crippen LogP contribution in [0.2, 0.25) is 0 Å². The van der Waals surface area contributed by atoms with Crippen LogP contribution >= 0.6 is 0 Å². The van der Waals surface area contributed by atoms with Gasteiger partial charge in [0.15, 0.2) is 0 Å². The molecule has 0 spiro atoms. The third kappa shape index (κ3) is 2.86. The van der Waals surface area contributed by atoms with Crippen molar-refractivity contribution in [3.63, 3.8) is 0 Å². The molecule has 0 aliphatic carbocycles. The van der Waals surface area contributed by atoms with E-state index in [1.807, 2.05) is 18.2 Å². The molecule has 1 aromatic rings.